The third-order valence-electron chi connectivity index (χ3n) is 6.78. The van der Waals surface area contributed by atoms with Gasteiger partial charge in [-0.1, -0.05) is 110 Å². The Bertz CT molecular complexity index is 1050. The summed E-state index contributed by atoms with van der Waals surface area (Å²) in [7, 11) is 0. The second kappa shape index (κ2) is 9.93. The molecule has 0 radical (unpaired) electrons. The molecule has 0 N–H and O–H groups in total. The van der Waals surface area contributed by atoms with E-state index >= 15 is 0 Å². The summed E-state index contributed by atoms with van der Waals surface area (Å²) in [5.41, 5.74) is -0.540. The van der Waals surface area contributed by atoms with Crippen molar-refractivity contribution in [1.82, 2.24) is 10.0 Å². The minimum Gasteiger partial charge on any atom is -0.444 e. The maximum atomic E-state index is 13.2. The van der Waals surface area contributed by atoms with Gasteiger partial charge in [0.1, 0.15) is 36.5 Å². The lowest BCUT2D eigenvalue weighted by Crippen LogP contribution is -2.71. The molecule has 0 spiro atoms. The summed E-state index contributed by atoms with van der Waals surface area (Å²) < 4.78 is 20.2. The maximum absolute atomic E-state index is 13.2. The summed E-state index contributed by atoms with van der Waals surface area (Å²) in [6.07, 6.45) is 2.56. The molecule has 5 aliphatic rings. The number of amides is 2. The van der Waals surface area contributed by atoms with E-state index < -0.39 is 56.3 Å². The fourth-order valence-corrected chi connectivity index (χ4v) is 6.01. The molecule has 2 aliphatic carbocycles. The van der Waals surface area contributed by atoms with Crippen molar-refractivity contribution in [2.75, 3.05) is 13.2 Å². The molecule has 1 aromatic rings. The first-order valence-corrected chi connectivity index (χ1v) is 14.1. The van der Waals surface area contributed by atoms with Crippen molar-refractivity contribution in [2.24, 2.45) is 0 Å². The van der Waals surface area contributed by atoms with Crippen molar-refractivity contribution >= 4 is 97.7 Å². The summed E-state index contributed by atoms with van der Waals surface area (Å²) in [6.45, 7) is -0.678. The van der Waals surface area contributed by atoms with Gasteiger partial charge in [-0.2, -0.15) is 0 Å². The number of carbonyl (C=O) groups excluding carboxylic acids is 2. The fraction of sp³-hybridized carbons (Fsp3) is 0.545. The number of epoxide rings is 1. The molecule has 0 aromatic heterocycles. The summed E-state index contributed by atoms with van der Waals surface area (Å²) in [4.78, 5) is 26.4. The summed E-state index contributed by atoms with van der Waals surface area (Å²) in [5, 5.41) is 2.23. The van der Waals surface area contributed by atoms with Crippen LogP contribution in [0.5, 0.6) is 0 Å². The molecule has 5 atom stereocenters. The molecule has 6 rings (SSSR count). The van der Waals surface area contributed by atoms with Gasteiger partial charge in [0, 0.05) is 17.3 Å². The maximum Gasteiger partial charge on any atom is 0.429 e. The second-order valence-corrected chi connectivity index (χ2v) is 15.1. The monoisotopic (exact) mass is 696 g/mol. The van der Waals surface area contributed by atoms with Crippen LogP contribution in [0.4, 0.5) is 9.59 Å². The Morgan fingerprint density at radius 2 is 1.35 bits per heavy atom. The number of rotatable bonds is 5. The van der Waals surface area contributed by atoms with E-state index in [1.807, 2.05) is 24.3 Å². The molecule has 37 heavy (non-hydrogen) atoms. The van der Waals surface area contributed by atoms with Crippen molar-refractivity contribution in [2.45, 2.75) is 56.4 Å². The molecule has 1 unspecified atom stereocenters. The average molecular weight is 700 g/mol. The number of carbonyl (C=O) groups is 2. The van der Waals surface area contributed by atoms with E-state index in [1.165, 1.54) is 0 Å². The Hall–Kier alpha value is -0.360. The van der Waals surface area contributed by atoms with Crippen molar-refractivity contribution in [3.8, 4) is 0 Å². The van der Waals surface area contributed by atoms with Crippen molar-refractivity contribution < 1.29 is 28.5 Å². The van der Waals surface area contributed by atoms with Crippen LogP contribution in [0.15, 0.2) is 40.9 Å². The predicted molar refractivity (Wildman–Crippen MR) is 142 cm³/mol. The number of hydrazine groups is 1. The van der Waals surface area contributed by atoms with Crippen LogP contribution in [0, 0.1) is 0 Å². The van der Waals surface area contributed by atoms with Crippen LogP contribution in [0.3, 0.4) is 0 Å². The van der Waals surface area contributed by atoms with E-state index in [1.54, 1.807) is 12.2 Å². The molecule has 202 valence electrons. The molecule has 1 saturated carbocycles. The van der Waals surface area contributed by atoms with Gasteiger partial charge in [0.05, 0.1) is 12.7 Å². The lowest BCUT2D eigenvalue weighted by Gasteiger charge is -2.50. The molecule has 2 saturated heterocycles. The van der Waals surface area contributed by atoms with Gasteiger partial charge in [-0.05, 0) is 17.7 Å². The van der Waals surface area contributed by atoms with Crippen molar-refractivity contribution in [3.05, 3.63) is 46.5 Å². The minimum absolute atomic E-state index is 0.182. The van der Waals surface area contributed by atoms with Crippen LogP contribution in [0.25, 0.3) is 0 Å². The van der Waals surface area contributed by atoms with Gasteiger partial charge in [-0.25, -0.2) is 19.6 Å². The largest absolute Gasteiger partial charge is 0.444 e. The van der Waals surface area contributed by atoms with E-state index in [4.69, 9.17) is 88.6 Å². The van der Waals surface area contributed by atoms with Crippen LogP contribution in [0.2, 0.25) is 0 Å². The summed E-state index contributed by atoms with van der Waals surface area (Å²) in [5.74, 6) is 0. The van der Waals surface area contributed by atoms with Crippen LogP contribution in [-0.2, 0) is 25.6 Å². The molecule has 1 aromatic carbocycles. The van der Waals surface area contributed by atoms with Crippen LogP contribution in [0.1, 0.15) is 18.4 Å². The highest BCUT2D eigenvalue weighted by atomic mass is 79.9. The van der Waals surface area contributed by atoms with Gasteiger partial charge in [-0.3, -0.25) is 0 Å². The number of halogens is 7. The van der Waals surface area contributed by atoms with Crippen LogP contribution < -0.4 is 0 Å². The highest BCUT2D eigenvalue weighted by Gasteiger charge is 2.86. The van der Waals surface area contributed by atoms with E-state index in [9.17, 15) is 9.59 Å². The van der Waals surface area contributed by atoms with Crippen LogP contribution in [-0.4, -0.2) is 72.4 Å². The van der Waals surface area contributed by atoms with Crippen molar-refractivity contribution in [3.63, 3.8) is 0 Å². The number of ether oxygens (including phenoxy) is 4. The summed E-state index contributed by atoms with van der Waals surface area (Å²) >= 11 is 38.0. The first-order valence-electron chi connectivity index (χ1n) is 11.0. The number of alkyl halides is 6. The fourth-order valence-electron chi connectivity index (χ4n) is 5.42. The van der Waals surface area contributed by atoms with Gasteiger partial charge >= 0.3 is 12.2 Å². The Kier molecular flexibility index (Phi) is 7.56. The number of benzene rings is 1. The molecule has 3 heterocycles. The smallest absolute Gasteiger partial charge is 0.429 e. The van der Waals surface area contributed by atoms with Gasteiger partial charge < -0.3 is 18.9 Å². The molecule has 15 heteroatoms. The predicted octanol–water partition coefficient (Wildman–Crippen LogP) is 6.49. The first-order chi connectivity index (χ1) is 17.2. The standard InChI is InChI=1S/C22H19BrCl6N2O6/c23-13-3-1-12(2-4-13)9-34-14-7-19-15-5-6-16(20(19,8-14)37-19)31(18(33)36-11-22(27,28)29)30(15)17(32)35-10-21(24,25)26/h1-6,14-16H,7-11H2/t14?,15-,16-,19-,20+/m0/s1. The van der Waals surface area contributed by atoms with Gasteiger partial charge in [0.15, 0.2) is 0 Å². The molecule has 2 amide bonds. The minimum atomic E-state index is -1.85. The SMILES string of the molecule is O=C(OCC(Cl)(Cl)Cl)N1[C@H]2C=C[C@H](N1C(=O)OCC(Cl)(Cl)Cl)[C@]13CC(OCc4ccc(Br)cc4)C[C@]21O3. The molecule has 2 bridgehead atoms. The van der Waals surface area contributed by atoms with E-state index in [0.717, 1.165) is 20.1 Å². The van der Waals surface area contributed by atoms with E-state index in [0.29, 0.717) is 19.4 Å². The first kappa shape index (κ1) is 28.2. The topological polar surface area (TPSA) is 80.8 Å². The van der Waals surface area contributed by atoms with E-state index in [2.05, 4.69) is 15.9 Å². The van der Waals surface area contributed by atoms with Gasteiger partial charge in [0.25, 0.3) is 0 Å². The zero-order chi connectivity index (χ0) is 26.8. The highest BCUT2D eigenvalue weighted by molar-refractivity contribution is 9.10. The highest BCUT2D eigenvalue weighted by Crippen LogP contribution is 2.70. The van der Waals surface area contributed by atoms with Gasteiger partial charge in [0.2, 0.25) is 7.59 Å². The van der Waals surface area contributed by atoms with Crippen molar-refractivity contribution in [1.29, 1.82) is 0 Å². The second-order valence-electron chi connectivity index (χ2n) is 9.15. The average Bonchev–Trinajstić information content (AvgIpc) is 3.38. The van der Waals surface area contributed by atoms with Gasteiger partial charge in [-0.15, -0.1) is 0 Å². The zero-order valence-electron chi connectivity index (χ0n) is 18.7. The Morgan fingerprint density at radius 1 is 0.892 bits per heavy atom. The Balaban J connectivity index is 1.37. The Labute approximate surface area is 251 Å². The molecule has 8 nitrogen and oxygen atoms in total. The lowest BCUT2D eigenvalue weighted by atomic mass is 9.76. The molecule has 3 aliphatic heterocycles. The molecular formula is C22H19BrCl6N2O6. The Morgan fingerprint density at radius 3 is 1.78 bits per heavy atom. The molecular weight excluding hydrogens is 681 g/mol. The molecule has 3 fully saturated rings. The number of fused-ring (bicyclic) bond motifs is 1. The zero-order valence-corrected chi connectivity index (χ0v) is 24.8. The third kappa shape index (κ3) is 5.37. The number of nitrogens with zero attached hydrogens (tertiary/aromatic N) is 2. The quantitative estimate of drug-likeness (QED) is 0.199. The summed E-state index contributed by atoms with van der Waals surface area (Å²) in [6, 6.07) is 6.41. The van der Waals surface area contributed by atoms with Crippen LogP contribution >= 0.6 is 85.5 Å². The number of hydrogen-bond acceptors (Lipinski definition) is 6. The van der Waals surface area contributed by atoms with E-state index in [-0.39, 0.29) is 6.10 Å². The third-order valence-corrected chi connectivity index (χ3v) is 7.97. The number of hydrogen-bond donors (Lipinski definition) is 0. The lowest BCUT2D eigenvalue weighted by molar-refractivity contribution is -0.0881. The normalized spacial score (nSPS) is 31.7.